The molecule has 6 nitrogen and oxygen atoms in total. The highest BCUT2D eigenvalue weighted by Gasteiger charge is 1.98. The number of ether oxygens (including phenoxy) is 1. The van der Waals surface area contributed by atoms with Gasteiger partial charge in [-0.05, 0) is 17.7 Å². The molecule has 0 bridgehead atoms. The minimum Gasteiger partial charge on any atom is -0.550 e. The molecule has 0 spiro atoms. The highest BCUT2D eigenvalue weighted by molar-refractivity contribution is 5.93. The summed E-state index contributed by atoms with van der Waals surface area (Å²) in [4.78, 5) is 21.0. The van der Waals surface area contributed by atoms with Crippen LogP contribution < -0.4 is 15.3 Å². The molecule has 0 unspecified atom stereocenters. The zero-order chi connectivity index (χ0) is 12.7. The summed E-state index contributed by atoms with van der Waals surface area (Å²) in [7, 11) is 1.54. The first-order valence-electron chi connectivity index (χ1n) is 4.77. The summed E-state index contributed by atoms with van der Waals surface area (Å²) in [6.07, 6.45) is 0.672. The number of nitrogens with zero attached hydrogens (tertiary/aromatic N) is 1. The second-order valence-electron chi connectivity index (χ2n) is 3.12. The molecule has 1 aromatic rings. The van der Waals surface area contributed by atoms with E-state index in [-0.39, 0.29) is 0 Å². The van der Waals surface area contributed by atoms with Gasteiger partial charge in [0.05, 0.1) is 25.7 Å². The fourth-order valence-electron chi connectivity index (χ4n) is 1.07. The number of carbonyl (C=O) groups is 2. The number of hydrogen-bond acceptors (Lipinski definition) is 5. The summed E-state index contributed by atoms with van der Waals surface area (Å²) in [6.45, 7) is 0. The zero-order valence-corrected chi connectivity index (χ0v) is 9.17. The Kier molecular flexibility index (Phi) is 4.68. The van der Waals surface area contributed by atoms with E-state index < -0.39 is 18.3 Å². The number of nitrogens with one attached hydrogen (secondary N) is 1. The van der Waals surface area contributed by atoms with E-state index in [1.165, 1.54) is 13.3 Å². The molecule has 0 aliphatic rings. The van der Waals surface area contributed by atoms with E-state index in [1.54, 1.807) is 24.3 Å². The molecule has 0 fully saturated rings. The molecule has 1 amide bonds. The van der Waals surface area contributed by atoms with Gasteiger partial charge in [0.15, 0.2) is 0 Å². The third kappa shape index (κ3) is 4.78. The van der Waals surface area contributed by atoms with Gasteiger partial charge < -0.3 is 14.6 Å². The number of rotatable bonds is 5. The topological polar surface area (TPSA) is 90.8 Å². The number of aliphatic carboxylic acids is 1. The summed E-state index contributed by atoms with van der Waals surface area (Å²) in [5, 5.41) is 13.7. The molecular weight excluding hydrogens is 224 g/mol. The quantitative estimate of drug-likeness (QED) is 0.414. The molecule has 0 aliphatic heterocycles. The molecule has 0 atom stereocenters. The molecule has 0 radical (unpaired) electrons. The van der Waals surface area contributed by atoms with Crippen molar-refractivity contribution >= 4 is 18.1 Å². The molecule has 0 saturated heterocycles. The molecule has 1 N–H and O–H groups in total. The number of carbonyl (C=O) groups excluding carboxylic acids is 2. The Morgan fingerprint density at radius 3 is 2.94 bits per heavy atom. The molecule has 1 aromatic carbocycles. The van der Waals surface area contributed by atoms with Crippen LogP contribution in [0.3, 0.4) is 0 Å². The van der Waals surface area contributed by atoms with Gasteiger partial charge in [0.25, 0.3) is 0 Å². The Labute approximate surface area is 97.9 Å². The second-order valence-corrected chi connectivity index (χ2v) is 3.12. The summed E-state index contributed by atoms with van der Waals surface area (Å²) in [5.41, 5.74) is 2.79. The largest absolute Gasteiger partial charge is 0.550 e. The Hall–Kier alpha value is -2.37. The lowest BCUT2D eigenvalue weighted by molar-refractivity contribution is -0.304. The van der Waals surface area contributed by atoms with Crippen LogP contribution in [-0.2, 0) is 9.59 Å². The minimum absolute atomic E-state index is 0.662. The molecule has 0 aromatic heterocycles. The van der Waals surface area contributed by atoms with Gasteiger partial charge >= 0.3 is 0 Å². The van der Waals surface area contributed by atoms with Gasteiger partial charge in [0.2, 0.25) is 5.91 Å². The summed E-state index contributed by atoms with van der Waals surface area (Å²) < 4.78 is 5.00. The van der Waals surface area contributed by atoms with E-state index in [0.717, 1.165) is 5.56 Å². The van der Waals surface area contributed by atoms with Crippen LogP contribution in [0.5, 0.6) is 5.75 Å². The summed E-state index contributed by atoms with van der Waals surface area (Å²) in [5.74, 6) is -1.52. The first kappa shape index (κ1) is 12.7. The minimum atomic E-state index is -1.45. The molecule has 6 heteroatoms. The van der Waals surface area contributed by atoms with Crippen molar-refractivity contribution in [3.63, 3.8) is 0 Å². The predicted octanol–water partition coefficient (Wildman–Crippen LogP) is -0.715. The number of hydrogen-bond donors (Lipinski definition) is 1. The van der Waals surface area contributed by atoms with Crippen LogP contribution >= 0.6 is 0 Å². The number of carboxylic acids is 1. The van der Waals surface area contributed by atoms with E-state index >= 15 is 0 Å². The van der Waals surface area contributed by atoms with Gasteiger partial charge in [-0.15, -0.1) is 0 Å². The Balaban J connectivity index is 2.53. The average molecular weight is 235 g/mol. The van der Waals surface area contributed by atoms with Gasteiger partial charge in [-0.3, -0.25) is 4.79 Å². The van der Waals surface area contributed by atoms with E-state index in [2.05, 4.69) is 10.5 Å². The number of carboxylic acid groups (broad SMARTS) is 1. The van der Waals surface area contributed by atoms with E-state index in [4.69, 9.17) is 4.74 Å². The Morgan fingerprint density at radius 1 is 1.53 bits per heavy atom. The number of methoxy groups -OCH3 is 1. The molecule has 0 heterocycles. The molecule has 0 saturated carbocycles. The van der Waals surface area contributed by atoms with Crippen molar-refractivity contribution in [3.05, 3.63) is 29.8 Å². The van der Waals surface area contributed by atoms with Gasteiger partial charge in [-0.2, -0.15) is 5.10 Å². The number of benzene rings is 1. The van der Waals surface area contributed by atoms with Crippen molar-refractivity contribution in [2.24, 2.45) is 5.10 Å². The molecular formula is C11H11N2O4-. The second kappa shape index (κ2) is 6.26. The first-order chi connectivity index (χ1) is 8.11. The third-order valence-corrected chi connectivity index (χ3v) is 1.80. The Bertz CT molecular complexity index is 443. The van der Waals surface area contributed by atoms with Crippen molar-refractivity contribution in [1.29, 1.82) is 0 Å². The van der Waals surface area contributed by atoms with Crippen molar-refractivity contribution in [3.8, 4) is 5.75 Å². The van der Waals surface area contributed by atoms with Gasteiger partial charge in [-0.25, -0.2) is 5.43 Å². The normalized spacial score (nSPS) is 10.2. The fraction of sp³-hybridized carbons (Fsp3) is 0.182. The number of amides is 1. The highest BCUT2D eigenvalue weighted by Crippen LogP contribution is 2.10. The van der Waals surface area contributed by atoms with Crippen LogP contribution in [-0.4, -0.2) is 25.2 Å². The van der Waals surface area contributed by atoms with Gasteiger partial charge in [0.1, 0.15) is 5.75 Å². The monoisotopic (exact) mass is 235 g/mol. The van der Waals surface area contributed by atoms with Crippen LogP contribution in [0.2, 0.25) is 0 Å². The van der Waals surface area contributed by atoms with Gasteiger partial charge in [-0.1, -0.05) is 12.1 Å². The average Bonchev–Trinajstić information content (AvgIpc) is 2.28. The van der Waals surface area contributed by atoms with Crippen LogP contribution in [0.25, 0.3) is 0 Å². The van der Waals surface area contributed by atoms with E-state index in [9.17, 15) is 14.7 Å². The maximum Gasteiger partial charge on any atom is 0.245 e. The molecule has 0 aliphatic carbocycles. The third-order valence-electron chi connectivity index (χ3n) is 1.80. The summed E-state index contributed by atoms with van der Waals surface area (Å²) >= 11 is 0. The SMILES string of the molecule is COc1cccc(C=NNC(=O)CC(=O)[O-])c1. The van der Waals surface area contributed by atoms with Crippen molar-refractivity contribution in [2.75, 3.05) is 7.11 Å². The highest BCUT2D eigenvalue weighted by atomic mass is 16.5. The smallest absolute Gasteiger partial charge is 0.245 e. The molecule has 1 rings (SSSR count). The van der Waals surface area contributed by atoms with Crippen LogP contribution in [0, 0.1) is 0 Å². The summed E-state index contributed by atoms with van der Waals surface area (Å²) in [6, 6.07) is 7.01. The maximum absolute atomic E-state index is 10.9. The lowest BCUT2D eigenvalue weighted by atomic mass is 10.2. The first-order valence-corrected chi connectivity index (χ1v) is 4.77. The van der Waals surface area contributed by atoms with Crippen molar-refractivity contribution in [2.45, 2.75) is 6.42 Å². The van der Waals surface area contributed by atoms with Crippen LogP contribution in [0.1, 0.15) is 12.0 Å². The standard InChI is InChI=1S/C11H12N2O4/c1-17-9-4-2-3-8(5-9)7-12-13-10(14)6-11(15)16/h2-5,7H,6H2,1H3,(H,13,14)(H,15,16)/p-1. The predicted molar refractivity (Wildman–Crippen MR) is 58.4 cm³/mol. The van der Waals surface area contributed by atoms with Crippen molar-refractivity contribution < 1.29 is 19.4 Å². The fourth-order valence-corrected chi connectivity index (χ4v) is 1.07. The van der Waals surface area contributed by atoms with E-state index in [0.29, 0.717) is 5.75 Å². The maximum atomic E-state index is 10.9. The van der Waals surface area contributed by atoms with E-state index in [1.807, 2.05) is 0 Å². The van der Waals surface area contributed by atoms with Crippen molar-refractivity contribution in [1.82, 2.24) is 5.43 Å². The zero-order valence-electron chi connectivity index (χ0n) is 9.17. The van der Waals surface area contributed by atoms with Crippen LogP contribution in [0.4, 0.5) is 0 Å². The Morgan fingerprint density at radius 2 is 2.29 bits per heavy atom. The lowest BCUT2D eigenvalue weighted by Crippen LogP contribution is -2.30. The lowest BCUT2D eigenvalue weighted by Gasteiger charge is -2.01. The van der Waals surface area contributed by atoms with Gasteiger partial charge in [0, 0.05) is 0 Å². The van der Waals surface area contributed by atoms with Crippen LogP contribution in [0.15, 0.2) is 29.4 Å². The molecule has 90 valence electrons. The molecule has 17 heavy (non-hydrogen) atoms. The number of hydrazone groups is 1.